The number of methoxy groups -OCH3 is 1. The lowest BCUT2D eigenvalue weighted by molar-refractivity contribution is 0.120. The van der Waals surface area contributed by atoms with Crippen LogP contribution < -0.4 is 4.74 Å². The van der Waals surface area contributed by atoms with Crippen LogP contribution in [0.15, 0.2) is 18.2 Å². The van der Waals surface area contributed by atoms with Crippen molar-refractivity contribution in [3.05, 3.63) is 29.3 Å². The Morgan fingerprint density at radius 2 is 2.24 bits per heavy atom. The van der Waals surface area contributed by atoms with Crippen LogP contribution in [0.1, 0.15) is 29.3 Å². The third kappa shape index (κ3) is 2.83. The maximum Gasteiger partial charge on any atom is 0.121 e. The SMILES string of the molecule is COc1ccc(C(Br)C2COC(C)C2)cc1C. The van der Waals surface area contributed by atoms with Crippen molar-refractivity contribution in [2.24, 2.45) is 5.92 Å². The molecular weight excluding hydrogens is 280 g/mol. The summed E-state index contributed by atoms with van der Waals surface area (Å²) in [7, 11) is 1.71. The van der Waals surface area contributed by atoms with Crippen LogP contribution in [0.5, 0.6) is 5.75 Å². The Labute approximate surface area is 111 Å². The molecule has 1 fully saturated rings. The average molecular weight is 299 g/mol. The summed E-state index contributed by atoms with van der Waals surface area (Å²) in [6.45, 7) is 5.07. The third-order valence-electron chi connectivity index (χ3n) is 3.38. The number of benzene rings is 1. The highest BCUT2D eigenvalue weighted by Gasteiger charge is 2.29. The van der Waals surface area contributed by atoms with Crippen molar-refractivity contribution in [1.82, 2.24) is 0 Å². The molecule has 0 N–H and O–H groups in total. The van der Waals surface area contributed by atoms with Crippen molar-refractivity contribution in [2.45, 2.75) is 31.2 Å². The first-order chi connectivity index (χ1) is 8.11. The van der Waals surface area contributed by atoms with E-state index in [0.29, 0.717) is 16.8 Å². The van der Waals surface area contributed by atoms with Crippen LogP contribution in [0.3, 0.4) is 0 Å². The number of hydrogen-bond acceptors (Lipinski definition) is 2. The van der Waals surface area contributed by atoms with E-state index in [1.807, 2.05) is 6.07 Å². The summed E-state index contributed by atoms with van der Waals surface area (Å²) in [5, 5.41) is 0. The molecule has 3 unspecified atom stereocenters. The van der Waals surface area contributed by atoms with Crippen LogP contribution in [0.4, 0.5) is 0 Å². The molecule has 0 bridgehead atoms. The average Bonchev–Trinajstić information content (AvgIpc) is 2.75. The smallest absolute Gasteiger partial charge is 0.121 e. The van der Waals surface area contributed by atoms with Gasteiger partial charge in [-0.2, -0.15) is 0 Å². The Hall–Kier alpha value is -0.540. The van der Waals surface area contributed by atoms with E-state index in [1.165, 1.54) is 11.1 Å². The predicted octanol–water partition coefficient (Wildman–Crippen LogP) is 3.86. The van der Waals surface area contributed by atoms with Crippen molar-refractivity contribution in [2.75, 3.05) is 13.7 Å². The molecule has 0 aromatic heterocycles. The van der Waals surface area contributed by atoms with Gasteiger partial charge in [0.2, 0.25) is 0 Å². The van der Waals surface area contributed by atoms with Crippen LogP contribution in [-0.4, -0.2) is 19.8 Å². The molecule has 0 radical (unpaired) electrons. The molecule has 1 saturated heterocycles. The molecule has 1 aromatic rings. The minimum Gasteiger partial charge on any atom is -0.496 e. The molecule has 1 aromatic carbocycles. The summed E-state index contributed by atoms with van der Waals surface area (Å²) in [6.07, 6.45) is 1.51. The number of halogens is 1. The highest BCUT2D eigenvalue weighted by Crippen LogP contribution is 2.39. The Morgan fingerprint density at radius 3 is 2.76 bits per heavy atom. The van der Waals surface area contributed by atoms with Crippen LogP contribution in [0.2, 0.25) is 0 Å². The summed E-state index contributed by atoms with van der Waals surface area (Å²) >= 11 is 3.80. The molecule has 0 spiro atoms. The second-order valence-corrected chi connectivity index (χ2v) is 5.76. The van der Waals surface area contributed by atoms with Gasteiger partial charge < -0.3 is 9.47 Å². The number of rotatable bonds is 3. The lowest BCUT2D eigenvalue weighted by atomic mass is 9.96. The zero-order valence-electron chi connectivity index (χ0n) is 10.6. The third-order valence-corrected chi connectivity index (χ3v) is 4.66. The molecule has 0 amide bonds. The normalized spacial score (nSPS) is 25.9. The highest BCUT2D eigenvalue weighted by molar-refractivity contribution is 9.09. The Bertz CT molecular complexity index is 392. The number of alkyl halides is 1. The van der Waals surface area contributed by atoms with Gasteiger partial charge in [0.15, 0.2) is 0 Å². The van der Waals surface area contributed by atoms with Crippen molar-refractivity contribution < 1.29 is 9.47 Å². The first-order valence-electron chi connectivity index (χ1n) is 6.02. The fourth-order valence-electron chi connectivity index (χ4n) is 2.40. The van der Waals surface area contributed by atoms with Gasteiger partial charge in [-0.3, -0.25) is 0 Å². The second kappa shape index (κ2) is 5.40. The topological polar surface area (TPSA) is 18.5 Å². The number of aryl methyl sites for hydroxylation is 1. The fourth-order valence-corrected chi connectivity index (χ4v) is 3.05. The van der Waals surface area contributed by atoms with E-state index >= 15 is 0 Å². The van der Waals surface area contributed by atoms with Gasteiger partial charge >= 0.3 is 0 Å². The van der Waals surface area contributed by atoms with E-state index in [0.717, 1.165) is 18.8 Å². The second-order valence-electron chi connectivity index (χ2n) is 4.77. The van der Waals surface area contributed by atoms with Gasteiger partial charge in [-0.1, -0.05) is 28.1 Å². The highest BCUT2D eigenvalue weighted by atomic mass is 79.9. The van der Waals surface area contributed by atoms with Gasteiger partial charge in [-0.15, -0.1) is 0 Å². The molecule has 1 heterocycles. The van der Waals surface area contributed by atoms with Crippen molar-refractivity contribution in [3.8, 4) is 5.75 Å². The minimum absolute atomic E-state index is 0.372. The van der Waals surface area contributed by atoms with Gasteiger partial charge in [0, 0.05) is 10.7 Å². The first-order valence-corrected chi connectivity index (χ1v) is 6.93. The zero-order valence-corrected chi connectivity index (χ0v) is 12.2. The molecule has 3 heteroatoms. The molecule has 3 atom stereocenters. The molecule has 17 heavy (non-hydrogen) atoms. The molecule has 1 aliphatic heterocycles. The Kier molecular flexibility index (Phi) is 4.10. The van der Waals surface area contributed by atoms with E-state index < -0.39 is 0 Å². The largest absolute Gasteiger partial charge is 0.496 e. The Balaban J connectivity index is 2.14. The summed E-state index contributed by atoms with van der Waals surface area (Å²) in [4.78, 5) is 0.372. The molecular formula is C14H19BrO2. The molecule has 94 valence electrons. The summed E-state index contributed by atoms with van der Waals surface area (Å²) in [5.74, 6) is 1.52. The van der Waals surface area contributed by atoms with Crippen molar-refractivity contribution in [1.29, 1.82) is 0 Å². The maximum atomic E-state index is 5.63. The lowest BCUT2D eigenvalue weighted by Crippen LogP contribution is -2.08. The fraction of sp³-hybridized carbons (Fsp3) is 0.571. The molecule has 1 aliphatic rings. The van der Waals surface area contributed by atoms with Gasteiger partial charge in [-0.05, 0) is 37.5 Å². The van der Waals surface area contributed by atoms with Crippen LogP contribution in [0, 0.1) is 12.8 Å². The van der Waals surface area contributed by atoms with Crippen LogP contribution in [0.25, 0.3) is 0 Å². The zero-order chi connectivity index (χ0) is 12.4. The van der Waals surface area contributed by atoms with E-state index in [2.05, 4.69) is 41.9 Å². The van der Waals surface area contributed by atoms with E-state index in [4.69, 9.17) is 9.47 Å². The van der Waals surface area contributed by atoms with E-state index in [9.17, 15) is 0 Å². The van der Waals surface area contributed by atoms with Gasteiger partial charge in [0.05, 0.1) is 19.8 Å². The van der Waals surface area contributed by atoms with E-state index in [-0.39, 0.29) is 0 Å². The number of ether oxygens (including phenoxy) is 2. The molecule has 0 aliphatic carbocycles. The molecule has 0 saturated carbocycles. The van der Waals surface area contributed by atoms with Crippen molar-refractivity contribution in [3.63, 3.8) is 0 Å². The van der Waals surface area contributed by atoms with E-state index in [1.54, 1.807) is 7.11 Å². The van der Waals surface area contributed by atoms with Gasteiger partial charge in [0.25, 0.3) is 0 Å². The van der Waals surface area contributed by atoms with Gasteiger partial charge in [-0.25, -0.2) is 0 Å². The standard InChI is InChI=1S/C14H19BrO2/c1-9-6-11(4-5-13(9)16-3)14(15)12-7-10(2)17-8-12/h4-6,10,12,14H,7-8H2,1-3H3. The van der Waals surface area contributed by atoms with Gasteiger partial charge in [0.1, 0.15) is 5.75 Å². The maximum absolute atomic E-state index is 5.63. The summed E-state index contributed by atoms with van der Waals surface area (Å²) < 4.78 is 10.9. The van der Waals surface area contributed by atoms with Crippen LogP contribution in [-0.2, 0) is 4.74 Å². The monoisotopic (exact) mass is 298 g/mol. The van der Waals surface area contributed by atoms with Crippen molar-refractivity contribution >= 4 is 15.9 Å². The summed E-state index contributed by atoms with van der Waals surface area (Å²) in [5.41, 5.74) is 2.49. The molecule has 2 nitrogen and oxygen atoms in total. The molecule has 2 rings (SSSR count). The first kappa shape index (κ1) is 12.9. The quantitative estimate of drug-likeness (QED) is 0.789. The number of hydrogen-bond donors (Lipinski definition) is 0. The summed E-state index contributed by atoms with van der Waals surface area (Å²) in [6, 6.07) is 6.37. The van der Waals surface area contributed by atoms with Crippen LogP contribution >= 0.6 is 15.9 Å². The lowest BCUT2D eigenvalue weighted by Gasteiger charge is -2.17. The minimum atomic E-state index is 0.372. The predicted molar refractivity (Wildman–Crippen MR) is 72.9 cm³/mol. The Morgan fingerprint density at radius 1 is 1.47 bits per heavy atom.